The molecule has 0 aromatic heterocycles. The summed E-state index contributed by atoms with van der Waals surface area (Å²) in [4.78, 5) is 21.3. The first-order valence-electron chi connectivity index (χ1n) is 5.48. The van der Waals surface area contributed by atoms with E-state index in [1.165, 1.54) is 0 Å². The van der Waals surface area contributed by atoms with Crippen molar-refractivity contribution in [2.75, 3.05) is 19.8 Å². The Bertz CT molecular complexity index is 402. The lowest BCUT2D eigenvalue weighted by molar-refractivity contribution is -0.194. The molecule has 0 bridgehead atoms. The Morgan fingerprint density at radius 2 is 2.29 bits per heavy atom. The number of esters is 1. The fraction of sp³-hybridized carbons (Fsp3) is 0.417. The average molecular weight is 238 g/mol. The lowest BCUT2D eigenvalue weighted by Crippen LogP contribution is -2.10. The highest BCUT2D eigenvalue weighted by Gasteiger charge is 2.16. The van der Waals surface area contributed by atoms with Crippen molar-refractivity contribution in [3.8, 4) is 5.75 Å². The molecule has 0 saturated heterocycles. The Morgan fingerprint density at radius 3 is 3.12 bits per heavy atom. The number of ether oxygens (including phenoxy) is 2. The maximum absolute atomic E-state index is 11.6. The minimum Gasteiger partial charge on any atom is -0.460 e. The second kappa shape index (κ2) is 5.65. The van der Waals surface area contributed by atoms with Crippen molar-refractivity contribution in [3.05, 3.63) is 29.3 Å². The minimum atomic E-state index is -0.362. The smallest absolute Gasteiger partial charge is 0.338 e. The molecule has 0 saturated carbocycles. The van der Waals surface area contributed by atoms with Gasteiger partial charge in [-0.2, -0.15) is 4.89 Å². The second-order valence-electron chi connectivity index (χ2n) is 3.50. The van der Waals surface area contributed by atoms with Gasteiger partial charge in [-0.25, -0.2) is 4.79 Å². The van der Waals surface area contributed by atoms with Crippen LogP contribution in [0.2, 0.25) is 0 Å². The third kappa shape index (κ3) is 2.95. The van der Waals surface area contributed by atoms with E-state index in [9.17, 15) is 4.79 Å². The normalized spacial score (nSPS) is 13.0. The summed E-state index contributed by atoms with van der Waals surface area (Å²) in [6, 6.07) is 5.06. The zero-order valence-electron chi connectivity index (χ0n) is 9.60. The maximum Gasteiger partial charge on any atom is 0.338 e. The van der Waals surface area contributed by atoms with Gasteiger partial charge in [-0.3, -0.25) is 0 Å². The molecule has 0 N–H and O–H groups in total. The fourth-order valence-electron chi connectivity index (χ4n) is 1.48. The molecule has 1 aliphatic heterocycles. The fourth-order valence-corrected chi connectivity index (χ4v) is 1.48. The summed E-state index contributed by atoms with van der Waals surface area (Å²) in [5, 5.41) is 0. The van der Waals surface area contributed by atoms with Crippen LogP contribution in [0.5, 0.6) is 5.75 Å². The van der Waals surface area contributed by atoms with E-state index in [2.05, 4.69) is 0 Å². The van der Waals surface area contributed by atoms with E-state index in [1.807, 2.05) is 6.92 Å². The molecule has 5 heteroatoms. The standard InChI is InChI=1S/C12H14O5/c1-2-14-5-6-15-12(13)9-3-4-11-10(7-9)8-16-17-11/h3-4,7H,2,5-6,8H2,1H3. The number of rotatable bonds is 5. The quantitative estimate of drug-likeness (QED) is 0.444. The van der Waals surface area contributed by atoms with Crippen LogP contribution in [0.4, 0.5) is 0 Å². The van der Waals surface area contributed by atoms with E-state index >= 15 is 0 Å². The molecule has 1 aromatic rings. The molecule has 0 amide bonds. The summed E-state index contributed by atoms with van der Waals surface area (Å²) in [6.45, 7) is 3.54. The van der Waals surface area contributed by atoms with E-state index < -0.39 is 0 Å². The van der Waals surface area contributed by atoms with E-state index in [1.54, 1.807) is 18.2 Å². The van der Waals surface area contributed by atoms with Crippen LogP contribution in [-0.2, 0) is 21.0 Å². The number of carbonyl (C=O) groups is 1. The van der Waals surface area contributed by atoms with E-state index in [-0.39, 0.29) is 12.6 Å². The van der Waals surface area contributed by atoms with Crippen LogP contribution in [0.15, 0.2) is 18.2 Å². The summed E-state index contributed by atoms with van der Waals surface area (Å²) in [7, 11) is 0. The first kappa shape index (κ1) is 11.9. The monoisotopic (exact) mass is 238 g/mol. The van der Waals surface area contributed by atoms with Gasteiger partial charge < -0.3 is 14.4 Å². The Balaban J connectivity index is 1.91. The van der Waals surface area contributed by atoms with Crippen LogP contribution in [0.25, 0.3) is 0 Å². The van der Waals surface area contributed by atoms with Gasteiger partial charge >= 0.3 is 5.97 Å². The van der Waals surface area contributed by atoms with Crippen LogP contribution in [0, 0.1) is 0 Å². The number of carbonyl (C=O) groups excluding carboxylic acids is 1. The first-order valence-corrected chi connectivity index (χ1v) is 5.48. The van der Waals surface area contributed by atoms with Crippen LogP contribution < -0.4 is 4.89 Å². The number of hydrogen-bond acceptors (Lipinski definition) is 5. The molecule has 0 spiro atoms. The predicted octanol–water partition coefficient (Wildman–Crippen LogP) is 1.70. The van der Waals surface area contributed by atoms with Crippen molar-refractivity contribution in [1.82, 2.24) is 0 Å². The van der Waals surface area contributed by atoms with Crippen molar-refractivity contribution in [3.63, 3.8) is 0 Å². The van der Waals surface area contributed by atoms with Crippen molar-refractivity contribution < 1.29 is 24.0 Å². The van der Waals surface area contributed by atoms with Gasteiger partial charge in [-0.15, -0.1) is 0 Å². The van der Waals surface area contributed by atoms with Gasteiger partial charge in [-0.1, -0.05) is 0 Å². The summed E-state index contributed by atoms with van der Waals surface area (Å²) in [6.07, 6.45) is 0. The molecule has 1 aliphatic rings. The average Bonchev–Trinajstić information content (AvgIpc) is 2.81. The van der Waals surface area contributed by atoms with Gasteiger partial charge in [-0.05, 0) is 25.1 Å². The SMILES string of the molecule is CCOCCOC(=O)c1ccc2c(c1)COO2. The molecule has 5 nitrogen and oxygen atoms in total. The Hall–Kier alpha value is -1.59. The number of fused-ring (bicyclic) bond motifs is 1. The highest BCUT2D eigenvalue weighted by molar-refractivity contribution is 5.89. The van der Waals surface area contributed by atoms with Crippen molar-refractivity contribution in [2.45, 2.75) is 13.5 Å². The van der Waals surface area contributed by atoms with Gasteiger partial charge in [0.25, 0.3) is 0 Å². The van der Waals surface area contributed by atoms with E-state index in [4.69, 9.17) is 19.2 Å². The Labute approximate surface area is 99.2 Å². The summed E-state index contributed by atoms with van der Waals surface area (Å²) in [5.74, 6) is 0.287. The number of hydrogen-bond donors (Lipinski definition) is 0. The molecule has 92 valence electrons. The minimum absolute atomic E-state index is 0.261. The lowest BCUT2D eigenvalue weighted by atomic mass is 10.1. The van der Waals surface area contributed by atoms with Gasteiger partial charge in [0.2, 0.25) is 0 Å². The highest BCUT2D eigenvalue weighted by Crippen LogP contribution is 2.26. The van der Waals surface area contributed by atoms with Crippen LogP contribution in [0.3, 0.4) is 0 Å². The van der Waals surface area contributed by atoms with Gasteiger partial charge in [0.1, 0.15) is 13.2 Å². The number of benzene rings is 1. The van der Waals surface area contributed by atoms with Gasteiger partial charge in [0.05, 0.1) is 12.2 Å². The largest absolute Gasteiger partial charge is 0.460 e. The van der Waals surface area contributed by atoms with Crippen LogP contribution >= 0.6 is 0 Å². The predicted molar refractivity (Wildman–Crippen MR) is 58.6 cm³/mol. The maximum atomic E-state index is 11.6. The van der Waals surface area contributed by atoms with Crippen molar-refractivity contribution >= 4 is 5.97 Å². The molecule has 0 aliphatic carbocycles. The second-order valence-corrected chi connectivity index (χ2v) is 3.50. The molecular formula is C12H14O5. The summed E-state index contributed by atoms with van der Waals surface area (Å²) < 4.78 is 10.1. The zero-order valence-corrected chi connectivity index (χ0v) is 9.60. The third-order valence-corrected chi connectivity index (χ3v) is 2.32. The van der Waals surface area contributed by atoms with E-state index in [0.29, 0.717) is 31.1 Å². The zero-order chi connectivity index (χ0) is 12.1. The molecular weight excluding hydrogens is 224 g/mol. The third-order valence-electron chi connectivity index (χ3n) is 2.32. The van der Waals surface area contributed by atoms with Crippen molar-refractivity contribution in [1.29, 1.82) is 0 Å². The molecule has 1 aromatic carbocycles. The van der Waals surface area contributed by atoms with Crippen LogP contribution in [-0.4, -0.2) is 25.8 Å². The Kier molecular flexibility index (Phi) is 3.95. The lowest BCUT2D eigenvalue weighted by Gasteiger charge is -2.05. The van der Waals surface area contributed by atoms with Crippen LogP contribution in [0.1, 0.15) is 22.8 Å². The Morgan fingerprint density at radius 1 is 1.41 bits per heavy atom. The molecule has 17 heavy (non-hydrogen) atoms. The van der Waals surface area contributed by atoms with Crippen molar-refractivity contribution in [2.24, 2.45) is 0 Å². The molecule has 2 rings (SSSR count). The van der Waals surface area contributed by atoms with E-state index in [0.717, 1.165) is 5.56 Å². The van der Waals surface area contributed by atoms with Gasteiger partial charge in [0.15, 0.2) is 5.75 Å². The first-order chi connectivity index (χ1) is 8.31. The molecule has 0 unspecified atom stereocenters. The molecule has 1 heterocycles. The highest BCUT2D eigenvalue weighted by atomic mass is 17.2. The molecule has 0 fully saturated rings. The molecule has 0 atom stereocenters. The molecule has 0 radical (unpaired) electrons. The summed E-state index contributed by atoms with van der Waals surface area (Å²) in [5.41, 5.74) is 1.35. The van der Waals surface area contributed by atoms with Gasteiger partial charge in [0, 0.05) is 12.2 Å². The topological polar surface area (TPSA) is 54.0 Å². The summed E-state index contributed by atoms with van der Waals surface area (Å²) >= 11 is 0.